The van der Waals surface area contributed by atoms with Gasteiger partial charge in [0.15, 0.2) is 5.55 Å². The Morgan fingerprint density at radius 1 is 2.00 bits per heavy atom. The Balaban J connectivity index is 2.32. The van der Waals surface area contributed by atoms with Crippen molar-refractivity contribution in [1.29, 1.82) is 0 Å². The van der Waals surface area contributed by atoms with E-state index in [9.17, 15) is 0 Å². The van der Waals surface area contributed by atoms with Gasteiger partial charge in [-0.1, -0.05) is 3.82 Å². The summed E-state index contributed by atoms with van der Waals surface area (Å²) >= 11 is 5.75. The summed E-state index contributed by atoms with van der Waals surface area (Å²) in [6, 6.07) is 0. The van der Waals surface area contributed by atoms with Gasteiger partial charge in [-0.05, 0) is 0 Å². The van der Waals surface area contributed by atoms with Gasteiger partial charge in [-0.3, -0.25) is 0 Å². The average Bonchev–Trinajstić information content (AvgIpc) is 1.86. The van der Waals surface area contributed by atoms with Crippen LogP contribution in [0.3, 0.4) is 0 Å². The van der Waals surface area contributed by atoms with Crippen molar-refractivity contribution in [2.24, 2.45) is 5.10 Å². The fourth-order valence-corrected chi connectivity index (χ4v) is 0.517. The maximum Gasteiger partial charge on any atom is 0.171 e. The summed E-state index contributed by atoms with van der Waals surface area (Å²) in [4.78, 5) is 0. The molecule has 0 aromatic heterocycles. The molecule has 2 radical (unpaired) electrons. The van der Waals surface area contributed by atoms with E-state index in [1.54, 1.807) is 0 Å². The number of nitrogens with one attached hydrogen (secondary N) is 1. The second kappa shape index (κ2) is 1.72. The molecule has 1 aliphatic rings. The van der Waals surface area contributed by atoms with Crippen LogP contribution in [0.15, 0.2) is 5.10 Å². The molecule has 0 bridgehead atoms. The Kier molecular flexibility index (Phi) is 1.23. The fraction of sp³-hybridized carbons (Fsp3) is 0. The highest BCUT2D eigenvalue weighted by atomic mass is 32.2. The molecule has 0 spiro atoms. The summed E-state index contributed by atoms with van der Waals surface area (Å²) in [7, 11) is 0. The van der Waals surface area contributed by atoms with E-state index in [1.165, 1.54) is 15.8 Å². The zero-order chi connectivity index (χ0) is 4.41. The van der Waals surface area contributed by atoms with Crippen molar-refractivity contribution in [3.63, 3.8) is 0 Å². The van der Waals surface area contributed by atoms with E-state index in [-0.39, 0.29) is 0 Å². The topological polar surface area (TPSA) is 27.6 Å². The lowest BCUT2D eigenvalue weighted by Gasteiger charge is -1.95. The van der Waals surface area contributed by atoms with Crippen molar-refractivity contribution in [1.82, 2.24) is 9.35 Å². The Labute approximate surface area is 45.4 Å². The van der Waals surface area contributed by atoms with E-state index in [0.717, 1.165) is 0 Å². The molecule has 0 atom stereocenters. The SMILES string of the molecule is [S]N1NN=[C]S1. The van der Waals surface area contributed by atoms with E-state index in [2.05, 4.69) is 29.0 Å². The summed E-state index contributed by atoms with van der Waals surface area (Å²) in [5.74, 6) is 0. The minimum atomic E-state index is 1.22. The third kappa shape index (κ3) is 0.796. The van der Waals surface area contributed by atoms with Crippen LogP contribution in [0.25, 0.3) is 0 Å². The Hall–Kier alpha value is 0.130. The normalized spacial score (nSPS) is 21.5. The highest BCUT2D eigenvalue weighted by Crippen LogP contribution is 2.08. The largest absolute Gasteiger partial charge is 0.218 e. The van der Waals surface area contributed by atoms with Gasteiger partial charge < -0.3 is 0 Å². The first-order valence-corrected chi connectivity index (χ1v) is 2.38. The van der Waals surface area contributed by atoms with Gasteiger partial charge in [0, 0.05) is 24.8 Å². The van der Waals surface area contributed by atoms with Gasteiger partial charge in [-0.2, -0.15) is 5.10 Å². The van der Waals surface area contributed by atoms with Crippen molar-refractivity contribution in [2.45, 2.75) is 0 Å². The van der Waals surface area contributed by atoms with Crippen molar-refractivity contribution >= 4 is 30.3 Å². The van der Waals surface area contributed by atoms with Crippen LogP contribution in [-0.2, 0) is 0 Å². The maximum absolute atomic E-state index is 4.53. The first-order valence-electron chi connectivity index (χ1n) is 1.24. The molecule has 0 amide bonds. The lowest BCUT2D eigenvalue weighted by atomic mass is 11.7. The van der Waals surface area contributed by atoms with Crippen LogP contribution in [0.1, 0.15) is 0 Å². The highest BCUT2D eigenvalue weighted by molar-refractivity contribution is 8.15. The standard InChI is InChI=1S/CHN3S2/c5-4-3-2-1-6-4/h3H. The number of nitrogens with zero attached hydrogens (tertiary/aromatic N) is 2. The molecule has 0 saturated carbocycles. The first-order chi connectivity index (χ1) is 2.89. The van der Waals surface area contributed by atoms with Gasteiger partial charge >= 0.3 is 0 Å². The zero-order valence-electron chi connectivity index (χ0n) is 2.71. The Morgan fingerprint density at radius 3 is 3.00 bits per heavy atom. The van der Waals surface area contributed by atoms with Gasteiger partial charge in [0.2, 0.25) is 0 Å². The van der Waals surface area contributed by atoms with Crippen LogP contribution in [0.4, 0.5) is 0 Å². The van der Waals surface area contributed by atoms with E-state index >= 15 is 0 Å². The van der Waals surface area contributed by atoms with E-state index in [1.807, 2.05) is 0 Å². The molecular weight excluding hydrogens is 118 g/mol. The zero-order valence-corrected chi connectivity index (χ0v) is 4.34. The van der Waals surface area contributed by atoms with Crippen LogP contribution < -0.4 is 5.53 Å². The second-order valence-electron chi connectivity index (χ2n) is 0.651. The van der Waals surface area contributed by atoms with Gasteiger partial charge in [0.25, 0.3) is 0 Å². The molecular formula is CHN3S2. The molecule has 32 valence electrons. The lowest BCUT2D eigenvalue weighted by molar-refractivity contribution is 0.585. The Morgan fingerprint density at radius 2 is 2.83 bits per heavy atom. The summed E-state index contributed by atoms with van der Waals surface area (Å²) < 4.78 is 1.33. The van der Waals surface area contributed by atoms with E-state index < -0.39 is 0 Å². The molecule has 6 heavy (non-hydrogen) atoms. The smallest absolute Gasteiger partial charge is 0.171 e. The van der Waals surface area contributed by atoms with Crippen molar-refractivity contribution in [3.8, 4) is 0 Å². The molecule has 0 aromatic rings. The molecule has 1 heterocycles. The van der Waals surface area contributed by atoms with Crippen molar-refractivity contribution in [2.75, 3.05) is 0 Å². The van der Waals surface area contributed by atoms with Crippen molar-refractivity contribution < 1.29 is 0 Å². The van der Waals surface area contributed by atoms with Gasteiger partial charge in [0.05, 0.1) is 0 Å². The molecule has 0 fully saturated rings. The summed E-state index contributed by atoms with van der Waals surface area (Å²) in [6.07, 6.45) is 0. The monoisotopic (exact) mass is 119 g/mol. The molecule has 0 aliphatic carbocycles. The fourth-order valence-electron chi connectivity index (χ4n) is 0.139. The molecule has 3 nitrogen and oxygen atoms in total. The third-order valence-corrected chi connectivity index (χ3v) is 1.03. The first kappa shape index (κ1) is 4.29. The lowest BCUT2D eigenvalue weighted by Crippen LogP contribution is -2.10. The quantitative estimate of drug-likeness (QED) is 0.467. The molecule has 5 heteroatoms. The molecule has 0 unspecified atom stereocenters. The number of rotatable bonds is 0. The van der Waals surface area contributed by atoms with Crippen LogP contribution in [-0.4, -0.2) is 9.37 Å². The third-order valence-electron chi connectivity index (χ3n) is 0.301. The number of hydrazone groups is 1. The highest BCUT2D eigenvalue weighted by Gasteiger charge is 2.00. The minimum Gasteiger partial charge on any atom is -0.218 e. The second-order valence-corrected chi connectivity index (χ2v) is 1.98. The van der Waals surface area contributed by atoms with Crippen LogP contribution in [0.2, 0.25) is 0 Å². The molecule has 1 aliphatic heterocycles. The predicted octanol–water partition coefficient (Wildman–Crippen LogP) is 0.388. The number of hydrogen-bond acceptors (Lipinski definition) is 4. The predicted molar refractivity (Wildman–Crippen MR) is 27.6 cm³/mol. The molecule has 1 rings (SSSR count). The van der Waals surface area contributed by atoms with Crippen molar-refractivity contribution in [3.05, 3.63) is 0 Å². The summed E-state index contributed by atoms with van der Waals surface area (Å²) in [5.41, 5.74) is 4.97. The summed E-state index contributed by atoms with van der Waals surface area (Å²) in [6.45, 7) is 0. The van der Waals surface area contributed by atoms with Gasteiger partial charge in [-0.15, -0.1) is 0 Å². The van der Waals surface area contributed by atoms with Crippen LogP contribution in [0.5, 0.6) is 0 Å². The van der Waals surface area contributed by atoms with E-state index in [4.69, 9.17) is 0 Å². The number of hydrazine groups is 1. The van der Waals surface area contributed by atoms with Gasteiger partial charge in [-0.25, -0.2) is 5.53 Å². The average molecular weight is 119 g/mol. The van der Waals surface area contributed by atoms with Gasteiger partial charge in [0.1, 0.15) is 0 Å². The molecule has 0 saturated heterocycles. The van der Waals surface area contributed by atoms with E-state index in [0.29, 0.717) is 0 Å². The minimum absolute atomic E-state index is 1.22. The molecule has 0 aromatic carbocycles. The maximum atomic E-state index is 4.53. The number of hydrogen-bond donors (Lipinski definition) is 1. The van der Waals surface area contributed by atoms with Crippen LogP contribution >= 0.6 is 24.8 Å². The molecule has 1 N–H and O–H groups in total. The summed E-state index contributed by atoms with van der Waals surface area (Å²) in [5, 5.41) is 3.45. The Bertz CT molecular complexity index is 63.2. The van der Waals surface area contributed by atoms with Crippen LogP contribution in [0, 0.1) is 0 Å².